The Morgan fingerprint density at radius 2 is 2.00 bits per heavy atom. The number of rotatable bonds is 8. The topological polar surface area (TPSA) is 67.4 Å². The van der Waals surface area contributed by atoms with Gasteiger partial charge in [-0.3, -0.25) is 0 Å². The zero-order valence-corrected chi connectivity index (χ0v) is 14.4. The molecule has 1 aromatic rings. The van der Waals surface area contributed by atoms with Crippen LogP contribution in [0.1, 0.15) is 19.4 Å². The summed E-state index contributed by atoms with van der Waals surface area (Å²) in [5.41, 5.74) is 0.857. The standard InChI is InChI=1S/C14H23ClN2O3S/c1-10(2)13(9-20-4)17-21(18,19)14-7-11(8-16-3)5-6-12(14)15/h5-7,10,13,16-17H,8-9H2,1-4H3. The van der Waals surface area contributed by atoms with Crippen LogP contribution in [0.3, 0.4) is 0 Å². The van der Waals surface area contributed by atoms with E-state index in [2.05, 4.69) is 10.0 Å². The highest BCUT2D eigenvalue weighted by Gasteiger charge is 2.24. The number of hydrogen-bond acceptors (Lipinski definition) is 4. The summed E-state index contributed by atoms with van der Waals surface area (Å²) in [4.78, 5) is 0.0960. The van der Waals surface area contributed by atoms with Crippen LogP contribution in [0.2, 0.25) is 5.02 Å². The second kappa shape index (κ2) is 8.10. The van der Waals surface area contributed by atoms with Crippen molar-refractivity contribution in [2.24, 2.45) is 5.92 Å². The van der Waals surface area contributed by atoms with Gasteiger partial charge in [0.1, 0.15) is 4.90 Å². The molecule has 1 atom stereocenters. The van der Waals surface area contributed by atoms with Gasteiger partial charge in [0, 0.05) is 19.7 Å². The minimum atomic E-state index is -3.69. The Morgan fingerprint density at radius 3 is 2.52 bits per heavy atom. The summed E-state index contributed by atoms with van der Waals surface area (Å²) in [6.07, 6.45) is 0. The summed E-state index contributed by atoms with van der Waals surface area (Å²) in [5, 5.41) is 3.19. The molecule has 0 heterocycles. The van der Waals surface area contributed by atoms with Gasteiger partial charge in [-0.2, -0.15) is 0 Å². The van der Waals surface area contributed by atoms with Crippen LogP contribution in [0.5, 0.6) is 0 Å². The highest BCUT2D eigenvalue weighted by atomic mass is 35.5. The van der Waals surface area contributed by atoms with Crippen molar-refractivity contribution in [3.63, 3.8) is 0 Å². The third kappa shape index (κ3) is 5.23. The minimum Gasteiger partial charge on any atom is -0.383 e. The van der Waals surface area contributed by atoms with E-state index in [4.69, 9.17) is 16.3 Å². The third-order valence-electron chi connectivity index (χ3n) is 3.12. The number of methoxy groups -OCH3 is 1. The second-order valence-corrected chi connectivity index (χ2v) is 7.31. The lowest BCUT2D eigenvalue weighted by atomic mass is 10.1. The molecule has 0 amide bonds. The van der Waals surface area contributed by atoms with Crippen LogP contribution in [-0.2, 0) is 21.3 Å². The Kier molecular flexibility index (Phi) is 7.09. The quantitative estimate of drug-likeness (QED) is 0.763. The number of hydrogen-bond donors (Lipinski definition) is 2. The van der Waals surface area contributed by atoms with Crippen molar-refractivity contribution >= 4 is 21.6 Å². The molecule has 0 aliphatic carbocycles. The van der Waals surface area contributed by atoms with E-state index in [1.807, 2.05) is 13.8 Å². The van der Waals surface area contributed by atoms with Crippen molar-refractivity contribution in [1.29, 1.82) is 0 Å². The monoisotopic (exact) mass is 334 g/mol. The average Bonchev–Trinajstić information content (AvgIpc) is 2.40. The summed E-state index contributed by atoms with van der Waals surface area (Å²) in [5.74, 6) is 0.110. The number of nitrogens with one attached hydrogen (secondary N) is 2. The van der Waals surface area contributed by atoms with Crippen LogP contribution in [0.25, 0.3) is 0 Å². The smallest absolute Gasteiger partial charge is 0.242 e. The van der Waals surface area contributed by atoms with E-state index in [9.17, 15) is 8.42 Å². The molecular formula is C14H23ClN2O3S. The molecule has 0 aliphatic heterocycles. The fraction of sp³-hybridized carbons (Fsp3) is 0.571. The molecule has 0 saturated carbocycles. The maximum atomic E-state index is 12.5. The number of sulfonamides is 1. The van der Waals surface area contributed by atoms with Crippen LogP contribution in [-0.4, -0.2) is 35.2 Å². The molecule has 0 bridgehead atoms. The summed E-state index contributed by atoms with van der Waals surface area (Å²) in [6.45, 7) is 4.76. The normalized spacial score (nSPS) is 13.6. The molecular weight excluding hydrogens is 312 g/mol. The van der Waals surface area contributed by atoms with Crippen LogP contribution in [0.4, 0.5) is 0 Å². The van der Waals surface area contributed by atoms with Gasteiger partial charge in [0.25, 0.3) is 0 Å². The van der Waals surface area contributed by atoms with Crippen molar-refractivity contribution in [3.05, 3.63) is 28.8 Å². The van der Waals surface area contributed by atoms with Crippen LogP contribution in [0, 0.1) is 5.92 Å². The molecule has 0 fully saturated rings. The molecule has 5 nitrogen and oxygen atoms in total. The first-order chi connectivity index (χ1) is 9.81. The molecule has 120 valence electrons. The number of halogens is 1. The Hall–Kier alpha value is -0.660. The van der Waals surface area contributed by atoms with E-state index in [-0.39, 0.29) is 21.9 Å². The summed E-state index contributed by atoms with van der Waals surface area (Å²) < 4.78 is 32.8. The fourth-order valence-electron chi connectivity index (χ4n) is 1.87. The first kappa shape index (κ1) is 18.4. The van der Waals surface area contributed by atoms with Crippen molar-refractivity contribution < 1.29 is 13.2 Å². The van der Waals surface area contributed by atoms with Crippen molar-refractivity contribution in [2.45, 2.75) is 31.3 Å². The Balaban J connectivity index is 3.08. The molecule has 2 N–H and O–H groups in total. The summed E-state index contributed by atoms with van der Waals surface area (Å²) in [6, 6.07) is 4.69. The first-order valence-electron chi connectivity index (χ1n) is 6.76. The summed E-state index contributed by atoms with van der Waals surface area (Å²) >= 11 is 6.05. The molecule has 0 spiro atoms. The zero-order chi connectivity index (χ0) is 16.0. The molecule has 0 radical (unpaired) electrons. The highest BCUT2D eigenvalue weighted by Crippen LogP contribution is 2.23. The van der Waals surface area contributed by atoms with E-state index in [1.54, 1.807) is 32.4 Å². The van der Waals surface area contributed by atoms with Crippen LogP contribution < -0.4 is 10.0 Å². The maximum absolute atomic E-state index is 12.5. The van der Waals surface area contributed by atoms with Gasteiger partial charge in [-0.1, -0.05) is 31.5 Å². The van der Waals surface area contributed by atoms with E-state index in [0.717, 1.165) is 5.56 Å². The van der Waals surface area contributed by atoms with Gasteiger partial charge in [-0.15, -0.1) is 0 Å². The largest absolute Gasteiger partial charge is 0.383 e. The van der Waals surface area contributed by atoms with E-state index in [0.29, 0.717) is 13.2 Å². The SMILES string of the molecule is CNCc1ccc(Cl)c(S(=O)(=O)NC(COC)C(C)C)c1. The third-order valence-corrected chi connectivity index (χ3v) is 5.10. The van der Waals surface area contributed by atoms with Gasteiger partial charge in [0.05, 0.1) is 11.6 Å². The second-order valence-electron chi connectivity index (χ2n) is 5.22. The van der Waals surface area contributed by atoms with E-state index < -0.39 is 10.0 Å². The maximum Gasteiger partial charge on any atom is 0.242 e. The van der Waals surface area contributed by atoms with Crippen LogP contribution in [0.15, 0.2) is 23.1 Å². The predicted octanol–water partition coefficient (Wildman–Crippen LogP) is 2.01. The van der Waals surface area contributed by atoms with Crippen molar-refractivity contribution in [3.8, 4) is 0 Å². The molecule has 1 aromatic carbocycles. The molecule has 1 rings (SSSR count). The average molecular weight is 335 g/mol. The number of ether oxygens (including phenoxy) is 1. The van der Waals surface area contributed by atoms with Crippen LogP contribution >= 0.6 is 11.6 Å². The van der Waals surface area contributed by atoms with Gasteiger partial charge in [-0.25, -0.2) is 13.1 Å². The first-order valence-corrected chi connectivity index (χ1v) is 8.62. The van der Waals surface area contributed by atoms with Gasteiger partial charge >= 0.3 is 0 Å². The van der Waals surface area contributed by atoms with Gasteiger partial charge in [-0.05, 0) is 30.7 Å². The van der Waals surface area contributed by atoms with Gasteiger partial charge in [0.15, 0.2) is 0 Å². The minimum absolute atomic E-state index is 0.0960. The molecule has 0 aliphatic rings. The molecule has 1 unspecified atom stereocenters. The lowest BCUT2D eigenvalue weighted by Gasteiger charge is -2.22. The Morgan fingerprint density at radius 1 is 1.33 bits per heavy atom. The lowest BCUT2D eigenvalue weighted by Crippen LogP contribution is -2.41. The molecule has 0 aromatic heterocycles. The zero-order valence-electron chi connectivity index (χ0n) is 12.8. The lowest BCUT2D eigenvalue weighted by molar-refractivity contribution is 0.157. The van der Waals surface area contributed by atoms with E-state index in [1.165, 1.54) is 0 Å². The van der Waals surface area contributed by atoms with Gasteiger partial charge in [0.2, 0.25) is 10.0 Å². The molecule has 7 heteroatoms. The number of benzene rings is 1. The van der Waals surface area contributed by atoms with Crippen molar-refractivity contribution in [1.82, 2.24) is 10.0 Å². The molecule has 0 saturated heterocycles. The molecule has 21 heavy (non-hydrogen) atoms. The highest BCUT2D eigenvalue weighted by molar-refractivity contribution is 7.89. The fourth-order valence-corrected chi connectivity index (χ4v) is 3.79. The predicted molar refractivity (Wildman–Crippen MR) is 85.0 cm³/mol. The summed E-state index contributed by atoms with van der Waals surface area (Å²) in [7, 11) is -0.342. The Bertz CT molecular complexity index is 561. The van der Waals surface area contributed by atoms with Gasteiger partial charge < -0.3 is 10.1 Å². The van der Waals surface area contributed by atoms with Crippen molar-refractivity contribution in [2.75, 3.05) is 20.8 Å². The van der Waals surface area contributed by atoms with E-state index >= 15 is 0 Å². The Labute approximate surface area is 132 Å².